The fourth-order valence-corrected chi connectivity index (χ4v) is 2.46. The van der Waals surface area contributed by atoms with E-state index < -0.39 is 4.92 Å². The fourth-order valence-electron chi connectivity index (χ4n) is 2.26. The number of nitrogens with one attached hydrogen (secondary N) is 3. The summed E-state index contributed by atoms with van der Waals surface area (Å²) in [4.78, 5) is 22.4. The van der Waals surface area contributed by atoms with Crippen molar-refractivity contribution >= 4 is 29.0 Å². The minimum atomic E-state index is -0.449. The van der Waals surface area contributed by atoms with Gasteiger partial charge in [-0.2, -0.15) is 0 Å². The van der Waals surface area contributed by atoms with Crippen molar-refractivity contribution in [3.05, 3.63) is 69.2 Å². The molecule has 7 nitrogen and oxygen atoms in total. The standard InChI is InChI=1S/C17H19ClN4O3/c1-12(13-5-4-6-14(18)11-13)21-17(23)20-10-9-19-15-7-2-3-8-16(15)22(24)25/h2-8,11-12,19H,9-10H2,1H3,(H2,20,21,23)/t12-/m0/s1. The molecule has 8 heteroatoms. The summed E-state index contributed by atoms with van der Waals surface area (Å²) in [5.41, 5.74) is 1.32. The van der Waals surface area contributed by atoms with E-state index in [-0.39, 0.29) is 17.8 Å². The van der Waals surface area contributed by atoms with E-state index in [1.165, 1.54) is 6.07 Å². The average molecular weight is 363 g/mol. The van der Waals surface area contributed by atoms with Crippen LogP contribution in [0.3, 0.4) is 0 Å². The van der Waals surface area contributed by atoms with Crippen LogP contribution in [-0.2, 0) is 0 Å². The molecule has 2 rings (SSSR count). The first-order valence-corrected chi connectivity index (χ1v) is 8.12. The van der Waals surface area contributed by atoms with Crippen LogP contribution in [0.2, 0.25) is 5.02 Å². The van der Waals surface area contributed by atoms with Crippen molar-refractivity contribution in [3.63, 3.8) is 0 Å². The summed E-state index contributed by atoms with van der Waals surface area (Å²) < 4.78 is 0. The maximum atomic E-state index is 11.9. The third-order valence-corrected chi connectivity index (χ3v) is 3.76. The molecular formula is C17H19ClN4O3. The summed E-state index contributed by atoms with van der Waals surface area (Å²) in [5, 5.41) is 20.0. The maximum Gasteiger partial charge on any atom is 0.315 e. The summed E-state index contributed by atoms with van der Waals surface area (Å²) in [6.45, 7) is 2.54. The molecule has 132 valence electrons. The Balaban J connectivity index is 1.77. The number of hydrogen-bond acceptors (Lipinski definition) is 4. The lowest BCUT2D eigenvalue weighted by Gasteiger charge is -2.15. The Bertz CT molecular complexity index is 754. The zero-order valence-corrected chi connectivity index (χ0v) is 14.4. The molecule has 0 heterocycles. The van der Waals surface area contributed by atoms with Crippen molar-refractivity contribution in [2.24, 2.45) is 0 Å². The van der Waals surface area contributed by atoms with Gasteiger partial charge in [0, 0.05) is 24.2 Å². The van der Waals surface area contributed by atoms with Crippen LogP contribution >= 0.6 is 11.6 Å². The van der Waals surface area contributed by atoms with Gasteiger partial charge in [0.2, 0.25) is 0 Å². The molecular weight excluding hydrogens is 344 g/mol. The second-order valence-electron chi connectivity index (χ2n) is 5.38. The van der Waals surface area contributed by atoms with Crippen molar-refractivity contribution in [1.82, 2.24) is 10.6 Å². The largest absolute Gasteiger partial charge is 0.378 e. The molecule has 0 aliphatic heterocycles. The highest BCUT2D eigenvalue weighted by atomic mass is 35.5. The predicted octanol–water partition coefficient (Wildman–Crippen LogP) is 3.72. The van der Waals surface area contributed by atoms with Gasteiger partial charge in [-0.15, -0.1) is 0 Å². The molecule has 2 aromatic carbocycles. The number of nitro benzene ring substituents is 1. The summed E-state index contributed by atoms with van der Waals surface area (Å²) in [7, 11) is 0. The zero-order chi connectivity index (χ0) is 18.2. The molecule has 0 aliphatic rings. The van der Waals surface area contributed by atoms with E-state index in [0.29, 0.717) is 23.8 Å². The lowest BCUT2D eigenvalue weighted by atomic mass is 10.1. The van der Waals surface area contributed by atoms with Gasteiger partial charge in [-0.05, 0) is 30.7 Å². The molecule has 0 saturated heterocycles. The number of para-hydroxylation sites is 2. The van der Waals surface area contributed by atoms with Gasteiger partial charge in [-0.1, -0.05) is 35.9 Å². The minimum absolute atomic E-state index is 0.00142. The first-order chi connectivity index (χ1) is 12.0. The van der Waals surface area contributed by atoms with Crippen molar-refractivity contribution in [1.29, 1.82) is 0 Å². The van der Waals surface area contributed by atoms with Gasteiger partial charge in [0.15, 0.2) is 0 Å². The summed E-state index contributed by atoms with van der Waals surface area (Å²) >= 11 is 5.94. The van der Waals surface area contributed by atoms with Crippen LogP contribution in [-0.4, -0.2) is 24.0 Å². The molecule has 3 N–H and O–H groups in total. The number of amides is 2. The molecule has 0 unspecified atom stereocenters. The molecule has 25 heavy (non-hydrogen) atoms. The van der Waals surface area contributed by atoms with Gasteiger partial charge < -0.3 is 16.0 Å². The highest BCUT2D eigenvalue weighted by Gasteiger charge is 2.12. The number of rotatable bonds is 7. The van der Waals surface area contributed by atoms with Gasteiger partial charge in [0.1, 0.15) is 5.69 Å². The normalized spacial score (nSPS) is 11.4. The van der Waals surface area contributed by atoms with Crippen molar-refractivity contribution in [3.8, 4) is 0 Å². The lowest BCUT2D eigenvalue weighted by molar-refractivity contribution is -0.384. The Morgan fingerprint density at radius 2 is 1.96 bits per heavy atom. The Morgan fingerprint density at radius 1 is 1.20 bits per heavy atom. The van der Waals surface area contributed by atoms with E-state index in [4.69, 9.17) is 11.6 Å². The minimum Gasteiger partial charge on any atom is -0.378 e. The van der Waals surface area contributed by atoms with E-state index in [0.717, 1.165) is 5.56 Å². The smallest absolute Gasteiger partial charge is 0.315 e. The molecule has 0 fully saturated rings. The molecule has 2 amide bonds. The SMILES string of the molecule is C[C@H](NC(=O)NCCNc1ccccc1[N+](=O)[O-])c1cccc(Cl)c1. The van der Waals surface area contributed by atoms with Gasteiger partial charge in [0.05, 0.1) is 11.0 Å². The Labute approximate surface area is 150 Å². The highest BCUT2D eigenvalue weighted by Crippen LogP contribution is 2.22. The molecule has 0 aromatic heterocycles. The topological polar surface area (TPSA) is 96.3 Å². The number of nitro groups is 1. The van der Waals surface area contributed by atoms with Crippen LogP contribution in [0.25, 0.3) is 0 Å². The van der Waals surface area contributed by atoms with Crippen LogP contribution in [0.1, 0.15) is 18.5 Å². The first kappa shape index (κ1) is 18.5. The number of anilines is 1. The molecule has 0 saturated carbocycles. The van der Waals surface area contributed by atoms with Gasteiger partial charge in [-0.25, -0.2) is 4.79 Å². The Morgan fingerprint density at radius 3 is 2.68 bits per heavy atom. The van der Waals surface area contributed by atoms with E-state index >= 15 is 0 Å². The van der Waals surface area contributed by atoms with Gasteiger partial charge >= 0.3 is 6.03 Å². The molecule has 0 radical (unpaired) electrons. The summed E-state index contributed by atoms with van der Waals surface area (Å²) in [6.07, 6.45) is 0. The van der Waals surface area contributed by atoms with Gasteiger partial charge in [0.25, 0.3) is 5.69 Å². The van der Waals surface area contributed by atoms with Crippen molar-refractivity contribution in [2.45, 2.75) is 13.0 Å². The average Bonchev–Trinajstić information content (AvgIpc) is 2.59. The summed E-state index contributed by atoms with van der Waals surface area (Å²) in [6, 6.07) is 13.1. The Hall–Kier alpha value is -2.80. The lowest BCUT2D eigenvalue weighted by Crippen LogP contribution is -2.39. The van der Waals surface area contributed by atoms with E-state index in [9.17, 15) is 14.9 Å². The number of carbonyl (C=O) groups excluding carboxylic acids is 1. The second kappa shape index (κ2) is 8.89. The highest BCUT2D eigenvalue weighted by molar-refractivity contribution is 6.30. The summed E-state index contributed by atoms with van der Waals surface area (Å²) in [5.74, 6) is 0. The molecule has 0 bridgehead atoms. The maximum absolute atomic E-state index is 11.9. The number of urea groups is 1. The first-order valence-electron chi connectivity index (χ1n) is 7.74. The molecule has 1 atom stereocenters. The quantitative estimate of drug-likeness (QED) is 0.397. The number of nitrogens with zero attached hydrogens (tertiary/aromatic N) is 1. The van der Waals surface area contributed by atoms with Crippen LogP contribution in [0, 0.1) is 10.1 Å². The Kier molecular flexibility index (Phi) is 6.59. The molecule has 0 aliphatic carbocycles. The number of carbonyl (C=O) groups is 1. The second-order valence-corrected chi connectivity index (χ2v) is 5.81. The number of benzene rings is 2. The number of halogens is 1. The van der Waals surface area contributed by atoms with Gasteiger partial charge in [-0.3, -0.25) is 10.1 Å². The monoisotopic (exact) mass is 362 g/mol. The van der Waals surface area contributed by atoms with Crippen LogP contribution in [0.4, 0.5) is 16.2 Å². The predicted molar refractivity (Wildman–Crippen MR) is 98.0 cm³/mol. The number of hydrogen-bond donors (Lipinski definition) is 3. The van der Waals surface area contributed by atoms with Crippen LogP contribution in [0.15, 0.2) is 48.5 Å². The van der Waals surface area contributed by atoms with Crippen LogP contribution < -0.4 is 16.0 Å². The van der Waals surface area contributed by atoms with E-state index in [2.05, 4.69) is 16.0 Å². The van der Waals surface area contributed by atoms with Crippen molar-refractivity contribution < 1.29 is 9.72 Å². The van der Waals surface area contributed by atoms with E-state index in [1.54, 1.807) is 30.3 Å². The van der Waals surface area contributed by atoms with E-state index in [1.807, 2.05) is 19.1 Å². The fraction of sp³-hybridized carbons (Fsp3) is 0.235. The zero-order valence-electron chi connectivity index (χ0n) is 13.7. The third kappa shape index (κ3) is 5.65. The van der Waals surface area contributed by atoms with Crippen molar-refractivity contribution in [2.75, 3.05) is 18.4 Å². The molecule has 2 aromatic rings. The molecule has 0 spiro atoms. The van der Waals surface area contributed by atoms with Crippen LogP contribution in [0.5, 0.6) is 0 Å². The third-order valence-electron chi connectivity index (χ3n) is 3.52.